The van der Waals surface area contributed by atoms with Gasteiger partial charge in [-0.25, -0.2) is 4.39 Å². The summed E-state index contributed by atoms with van der Waals surface area (Å²) in [5.74, 6) is -0.981. The van der Waals surface area contributed by atoms with Gasteiger partial charge in [0.15, 0.2) is 0 Å². The van der Waals surface area contributed by atoms with Crippen molar-refractivity contribution in [3.05, 3.63) is 35.1 Å². The molecule has 7 heteroatoms. The first-order chi connectivity index (χ1) is 9.25. The van der Waals surface area contributed by atoms with Crippen molar-refractivity contribution < 1.29 is 17.6 Å². The molecule has 0 radical (unpaired) electrons. The molecule has 1 aromatic rings. The van der Waals surface area contributed by atoms with Gasteiger partial charge >= 0.3 is 6.18 Å². The Morgan fingerprint density at radius 3 is 2.50 bits per heavy atom. The van der Waals surface area contributed by atoms with Gasteiger partial charge in [0, 0.05) is 13.1 Å². The lowest BCUT2D eigenvalue weighted by Crippen LogP contribution is -2.30. The second kappa shape index (κ2) is 6.68. The summed E-state index contributed by atoms with van der Waals surface area (Å²) < 4.78 is 51.6. The molecule has 20 heavy (non-hydrogen) atoms. The highest BCUT2D eigenvalue weighted by atomic mass is 19.4. The van der Waals surface area contributed by atoms with Crippen LogP contribution in [0.4, 0.5) is 17.6 Å². The third kappa shape index (κ3) is 4.47. The lowest BCUT2D eigenvalue weighted by molar-refractivity contribution is -0.138. The van der Waals surface area contributed by atoms with Crippen LogP contribution < -0.4 is 5.32 Å². The molecular weight excluding hydrogens is 274 g/mol. The van der Waals surface area contributed by atoms with E-state index < -0.39 is 23.6 Å². The molecule has 0 bridgehead atoms. The molecular formula is C13H15F4N3. The van der Waals surface area contributed by atoms with Gasteiger partial charge in [0.25, 0.3) is 0 Å². The third-order valence-corrected chi connectivity index (χ3v) is 2.67. The molecule has 0 spiro atoms. The average Bonchev–Trinajstić information content (AvgIpc) is 2.34. The number of hydrogen-bond donors (Lipinski definition) is 1. The normalized spacial score (nSPS) is 13.3. The van der Waals surface area contributed by atoms with Crippen molar-refractivity contribution in [2.75, 3.05) is 27.2 Å². The second-order valence-corrected chi connectivity index (χ2v) is 4.55. The lowest BCUT2D eigenvalue weighted by Gasteiger charge is -2.19. The first kappa shape index (κ1) is 16.4. The van der Waals surface area contributed by atoms with E-state index in [2.05, 4.69) is 5.32 Å². The Kier molecular flexibility index (Phi) is 5.48. The zero-order chi connectivity index (χ0) is 15.3. The van der Waals surface area contributed by atoms with E-state index in [1.165, 1.54) is 0 Å². The Hall–Kier alpha value is -1.65. The summed E-state index contributed by atoms with van der Waals surface area (Å²) in [5, 5.41) is 11.7. The number of likely N-dealkylation sites (N-methyl/N-ethyl adjacent to an activating group) is 1. The Morgan fingerprint density at radius 1 is 1.35 bits per heavy atom. The summed E-state index contributed by atoms with van der Waals surface area (Å²) >= 11 is 0. The molecule has 1 N–H and O–H groups in total. The average molecular weight is 289 g/mol. The van der Waals surface area contributed by atoms with E-state index in [0.717, 1.165) is 12.1 Å². The quantitative estimate of drug-likeness (QED) is 0.847. The summed E-state index contributed by atoms with van der Waals surface area (Å²) in [7, 11) is 3.62. The van der Waals surface area contributed by atoms with Gasteiger partial charge in [-0.2, -0.15) is 18.4 Å². The molecule has 1 rings (SSSR count). The minimum absolute atomic E-state index is 0.264. The standard InChI is InChI=1S/C13H15F4N3/c1-20(2)6-5-19-12(8-18)10-4-3-9(14)7-11(10)13(15,16)17/h3-4,7,12,19H,5-6H2,1-2H3. The number of nitrogens with zero attached hydrogens (tertiary/aromatic N) is 2. The van der Waals surface area contributed by atoms with Crippen LogP contribution in [0, 0.1) is 17.1 Å². The fraction of sp³-hybridized carbons (Fsp3) is 0.462. The number of alkyl halides is 3. The number of rotatable bonds is 5. The summed E-state index contributed by atoms with van der Waals surface area (Å²) in [5.41, 5.74) is -1.39. The minimum Gasteiger partial charge on any atom is -0.308 e. The van der Waals surface area contributed by atoms with Crippen molar-refractivity contribution in [1.82, 2.24) is 10.2 Å². The lowest BCUT2D eigenvalue weighted by atomic mass is 10.0. The van der Waals surface area contributed by atoms with Crippen molar-refractivity contribution in [3.63, 3.8) is 0 Å². The number of benzene rings is 1. The summed E-state index contributed by atoms with van der Waals surface area (Å²) in [4.78, 5) is 1.83. The Labute approximate surface area is 114 Å². The van der Waals surface area contributed by atoms with Crippen LogP contribution in [0.5, 0.6) is 0 Å². The van der Waals surface area contributed by atoms with Gasteiger partial charge in [-0.15, -0.1) is 0 Å². The van der Waals surface area contributed by atoms with Crippen molar-refractivity contribution in [1.29, 1.82) is 5.26 Å². The number of nitriles is 1. The van der Waals surface area contributed by atoms with Crippen LogP contribution in [0.25, 0.3) is 0 Å². The fourth-order valence-electron chi connectivity index (χ4n) is 1.68. The van der Waals surface area contributed by atoms with Crippen molar-refractivity contribution in [3.8, 4) is 6.07 Å². The van der Waals surface area contributed by atoms with E-state index >= 15 is 0 Å². The van der Waals surface area contributed by atoms with Gasteiger partial charge in [0.2, 0.25) is 0 Å². The highest BCUT2D eigenvalue weighted by Crippen LogP contribution is 2.35. The molecule has 0 amide bonds. The van der Waals surface area contributed by atoms with Crippen LogP contribution in [-0.2, 0) is 6.18 Å². The predicted octanol–water partition coefficient (Wildman–Crippen LogP) is 2.56. The maximum absolute atomic E-state index is 13.0. The number of hydrogen-bond acceptors (Lipinski definition) is 3. The molecule has 0 heterocycles. The van der Waals surface area contributed by atoms with E-state index in [1.54, 1.807) is 6.07 Å². The van der Waals surface area contributed by atoms with Gasteiger partial charge in [-0.05, 0) is 31.8 Å². The van der Waals surface area contributed by atoms with E-state index in [0.29, 0.717) is 19.2 Å². The van der Waals surface area contributed by atoms with Gasteiger partial charge in [-0.1, -0.05) is 6.07 Å². The molecule has 1 unspecified atom stereocenters. The Bertz CT molecular complexity index is 491. The molecule has 3 nitrogen and oxygen atoms in total. The predicted molar refractivity (Wildman–Crippen MR) is 66.3 cm³/mol. The first-order valence-corrected chi connectivity index (χ1v) is 5.90. The van der Waals surface area contributed by atoms with Gasteiger partial charge in [0.1, 0.15) is 11.9 Å². The zero-order valence-electron chi connectivity index (χ0n) is 11.1. The van der Waals surface area contributed by atoms with Gasteiger partial charge in [0.05, 0.1) is 11.6 Å². The highest BCUT2D eigenvalue weighted by Gasteiger charge is 2.35. The largest absolute Gasteiger partial charge is 0.416 e. The molecule has 0 saturated heterocycles. The maximum atomic E-state index is 13.0. The SMILES string of the molecule is CN(C)CCNC(C#N)c1ccc(F)cc1C(F)(F)F. The summed E-state index contributed by atoms with van der Waals surface area (Å²) in [6.45, 7) is 0.917. The number of halogens is 4. The van der Waals surface area contributed by atoms with Crippen LogP contribution in [-0.4, -0.2) is 32.1 Å². The molecule has 1 atom stereocenters. The third-order valence-electron chi connectivity index (χ3n) is 2.67. The van der Waals surface area contributed by atoms with Crippen LogP contribution in [0.15, 0.2) is 18.2 Å². The van der Waals surface area contributed by atoms with Crippen molar-refractivity contribution in [2.24, 2.45) is 0 Å². The fourth-order valence-corrected chi connectivity index (χ4v) is 1.68. The highest BCUT2D eigenvalue weighted by molar-refractivity contribution is 5.35. The Balaban J connectivity index is 3.01. The van der Waals surface area contributed by atoms with Crippen molar-refractivity contribution >= 4 is 0 Å². The van der Waals surface area contributed by atoms with Crippen LogP contribution in [0.2, 0.25) is 0 Å². The van der Waals surface area contributed by atoms with E-state index in [1.807, 2.05) is 19.0 Å². The van der Waals surface area contributed by atoms with Gasteiger partial charge in [-0.3, -0.25) is 5.32 Å². The summed E-state index contributed by atoms with van der Waals surface area (Å²) in [6, 6.07) is 2.96. The molecule has 0 fully saturated rings. The maximum Gasteiger partial charge on any atom is 0.416 e. The minimum atomic E-state index is -4.70. The van der Waals surface area contributed by atoms with Crippen molar-refractivity contribution in [2.45, 2.75) is 12.2 Å². The van der Waals surface area contributed by atoms with E-state index in [-0.39, 0.29) is 5.56 Å². The van der Waals surface area contributed by atoms with Gasteiger partial charge < -0.3 is 4.90 Å². The van der Waals surface area contributed by atoms with E-state index in [9.17, 15) is 17.6 Å². The van der Waals surface area contributed by atoms with Crippen LogP contribution >= 0.6 is 0 Å². The molecule has 110 valence electrons. The van der Waals surface area contributed by atoms with Crippen LogP contribution in [0.1, 0.15) is 17.2 Å². The molecule has 0 aliphatic heterocycles. The van der Waals surface area contributed by atoms with Crippen LogP contribution in [0.3, 0.4) is 0 Å². The molecule has 0 aromatic heterocycles. The van der Waals surface area contributed by atoms with E-state index in [4.69, 9.17) is 5.26 Å². The first-order valence-electron chi connectivity index (χ1n) is 5.90. The summed E-state index contributed by atoms with van der Waals surface area (Å²) in [6.07, 6.45) is -4.70. The molecule has 1 aromatic carbocycles. The second-order valence-electron chi connectivity index (χ2n) is 4.55. The molecule has 0 aliphatic rings. The monoisotopic (exact) mass is 289 g/mol. The number of nitrogens with one attached hydrogen (secondary N) is 1. The molecule has 0 aliphatic carbocycles. The smallest absolute Gasteiger partial charge is 0.308 e. The molecule has 0 saturated carbocycles. The topological polar surface area (TPSA) is 39.1 Å². The Morgan fingerprint density at radius 2 is 2.00 bits per heavy atom. The zero-order valence-corrected chi connectivity index (χ0v) is 11.1.